The minimum Gasteiger partial charge on any atom is -0.351 e. The first kappa shape index (κ1) is 14.5. The van der Waals surface area contributed by atoms with Gasteiger partial charge in [-0.1, -0.05) is 11.8 Å². The minimum absolute atomic E-state index is 0.183. The van der Waals surface area contributed by atoms with Crippen LogP contribution in [0.3, 0.4) is 0 Å². The fraction of sp³-hybridized carbons (Fsp3) is 0.556. The van der Waals surface area contributed by atoms with Crippen molar-refractivity contribution in [2.75, 3.05) is 12.3 Å². The molecule has 1 aromatic heterocycles. The molecule has 0 aliphatic heterocycles. The lowest BCUT2D eigenvalue weighted by Crippen LogP contribution is -2.35. The van der Waals surface area contributed by atoms with Crippen molar-refractivity contribution in [2.45, 2.75) is 25.0 Å². The number of thioether (sulfide) groups is 1. The molecule has 0 bridgehead atoms. The first-order chi connectivity index (χ1) is 8.54. The van der Waals surface area contributed by atoms with Gasteiger partial charge in [-0.3, -0.25) is 10.1 Å². The van der Waals surface area contributed by atoms with Crippen molar-refractivity contribution in [1.29, 1.82) is 0 Å². The van der Waals surface area contributed by atoms with Gasteiger partial charge < -0.3 is 16.0 Å². The molecule has 0 spiro atoms. The quantitative estimate of drug-likeness (QED) is 0.583. The van der Waals surface area contributed by atoms with Crippen LogP contribution in [0.15, 0.2) is 5.16 Å². The smallest absolute Gasteiger partial charge is 0.318 e. The van der Waals surface area contributed by atoms with E-state index in [4.69, 9.17) is 11.5 Å². The van der Waals surface area contributed by atoms with Gasteiger partial charge in [-0.2, -0.15) is 0 Å². The Hall–Kier alpha value is -1.61. The summed E-state index contributed by atoms with van der Waals surface area (Å²) in [6, 6.07) is -0.841. The third kappa shape index (κ3) is 4.34. The maximum Gasteiger partial charge on any atom is 0.318 e. The van der Waals surface area contributed by atoms with Gasteiger partial charge in [-0.25, -0.2) is 4.79 Å². The Bertz CT molecular complexity index is 433. The van der Waals surface area contributed by atoms with Crippen molar-refractivity contribution in [2.24, 2.45) is 11.5 Å². The number of amides is 3. The molecule has 0 aliphatic carbocycles. The number of rotatable bonds is 6. The maximum absolute atomic E-state index is 11.2. The third-order valence-electron chi connectivity index (χ3n) is 2.08. The summed E-state index contributed by atoms with van der Waals surface area (Å²) < 4.78 is 1.89. The first-order valence-corrected chi connectivity index (χ1v) is 6.35. The van der Waals surface area contributed by atoms with Gasteiger partial charge in [0.25, 0.3) is 0 Å². The van der Waals surface area contributed by atoms with E-state index in [9.17, 15) is 9.59 Å². The summed E-state index contributed by atoms with van der Waals surface area (Å²) in [7, 11) is 0. The Morgan fingerprint density at radius 2 is 2.17 bits per heavy atom. The molecule has 0 unspecified atom stereocenters. The Morgan fingerprint density at radius 3 is 2.78 bits per heavy atom. The average Bonchev–Trinajstić information content (AvgIpc) is 2.61. The second-order valence-corrected chi connectivity index (χ2v) is 4.54. The average molecular weight is 272 g/mol. The van der Waals surface area contributed by atoms with E-state index in [1.54, 1.807) is 0 Å². The van der Waals surface area contributed by atoms with E-state index in [1.165, 1.54) is 11.8 Å². The summed E-state index contributed by atoms with van der Waals surface area (Å²) in [6.07, 6.45) is 0.183. The molecule has 9 heteroatoms. The molecule has 0 fully saturated rings. The molecule has 0 aliphatic rings. The largest absolute Gasteiger partial charge is 0.351 e. The zero-order valence-electron chi connectivity index (χ0n) is 10.0. The third-order valence-corrected chi connectivity index (χ3v) is 3.05. The van der Waals surface area contributed by atoms with Gasteiger partial charge in [0.1, 0.15) is 5.82 Å². The van der Waals surface area contributed by atoms with Crippen molar-refractivity contribution < 1.29 is 9.59 Å². The number of aromatic nitrogens is 3. The molecule has 0 aromatic carbocycles. The van der Waals surface area contributed by atoms with Crippen molar-refractivity contribution in [1.82, 2.24) is 20.1 Å². The molecule has 1 heterocycles. The molecule has 0 radical (unpaired) electrons. The number of hydrogen-bond donors (Lipinski definition) is 3. The van der Waals surface area contributed by atoms with Crippen LogP contribution in [0.2, 0.25) is 0 Å². The van der Waals surface area contributed by atoms with Crippen molar-refractivity contribution >= 4 is 23.7 Å². The van der Waals surface area contributed by atoms with Crippen molar-refractivity contribution in [3.05, 3.63) is 5.82 Å². The molecular formula is C9H16N6O2S. The van der Waals surface area contributed by atoms with Crippen LogP contribution in [0.25, 0.3) is 0 Å². The SMILES string of the molecule is Cc1nnc(SCCC(=O)NC(N)=O)n1CCN. The Morgan fingerprint density at radius 1 is 1.44 bits per heavy atom. The lowest BCUT2D eigenvalue weighted by atomic mass is 10.4. The van der Waals surface area contributed by atoms with Crippen LogP contribution >= 0.6 is 11.8 Å². The molecule has 18 heavy (non-hydrogen) atoms. The second-order valence-electron chi connectivity index (χ2n) is 3.48. The van der Waals surface area contributed by atoms with Crippen LogP contribution in [0.4, 0.5) is 4.79 Å². The number of primary amides is 1. The molecule has 1 aromatic rings. The standard InChI is InChI=1S/C9H16N6O2S/c1-6-13-14-9(15(6)4-3-10)18-5-2-7(16)12-8(11)17/h2-5,10H2,1H3,(H3,11,12,16,17). The zero-order chi connectivity index (χ0) is 13.5. The van der Waals surface area contributed by atoms with E-state index in [1.807, 2.05) is 16.8 Å². The molecule has 100 valence electrons. The fourth-order valence-electron chi connectivity index (χ4n) is 1.29. The lowest BCUT2D eigenvalue weighted by Gasteiger charge is -2.06. The van der Waals surface area contributed by atoms with Crippen LogP contribution < -0.4 is 16.8 Å². The summed E-state index contributed by atoms with van der Waals surface area (Å²) in [5.41, 5.74) is 10.3. The molecule has 3 amide bonds. The number of urea groups is 1. The number of hydrogen-bond acceptors (Lipinski definition) is 6. The van der Waals surface area contributed by atoms with Crippen LogP contribution in [0.1, 0.15) is 12.2 Å². The number of nitrogens with one attached hydrogen (secondary N) is 1. The van der Waals surface area contributed by atoms with Crippen molar-refractivity contribution in [3.8, 4) is 0 Å². The van der Waals surface area contributed by atoms with Crippen LogP contribution in [0, 0.1) is 6.92 Å². The van der Waals surface area contributed by atoms with E-state index in [-0.39, 0.29) is 6.42 Å². The van der Waals surface area contributed by atoms with Crippen molar-refractivity contribution in [3.63, 3.8) is 0 Å². The summed E-state index contributed by atoms with van der Waals surface area (Å²) in [5, 5.41) is 10.6. The number of nitrogens with two attached hydrogens (primary N) is 2. The first-order valence-electron chi connectivity index (χ1n) is 5.36. The van der Waals surface area contributed by atoms with E-state index in [2.05, 4.69) is 10.2 Å². The van der Waals surface area contributed by atoms with E-state index in [0.717, 1.165) is 5.82 Å². The topological polar surface area (TPSA) is 129 Å². The molecule has 0 atom stereocenters. The number of imide groups is 1. The second kappa shape index (κ2) is 6.97. The summed E-state index contributed by atoms with van der Waals surface area (Å²) in [5.74, 6) is 0.864. The number of carbonyl (C=O) groups is 2. The number of nitrogens with zero attached hydrogens (tertiary/aromatic N) is 3. The molecular weight excluding hydrogens is 256 g/mol. The highest BCUT2D eigenvalue weighted by molar-refractivity contribution is 7.99. The monoisotopic (exact) mass is 272 g/mol. The van der Waals surface area contributed by atoms with Crippen LogP contribution in [0.5, 0.6) is 0 Å². The normalized spacial score (nSPS) is 10.3. The summed E-state index contributed by atoms with van der Waals surface area (Å²) in [4.78, 5) is 21.6. The Labute approximate surface area is 108 Å². The van der Waals surface area contributed by atoms with Gasteiger partial charge in [-0.15, -0.1) is 10.2 Å². The molecule has 8 nitrogen and oxygen atoms in total. The van der Waals surface area contributed by atoms with E-state index >= 15 is 0 Å². The van der Waals surface area contributed by atoms with Gasteiger partial charge in [0.15, 0.2) is 5.16 Å². The van der Waals surface area contributed by atoms with Gasteiger partial charge in [0.2, 0.25) is 5.91 Å². The maximum atomic E-state index is 11.2. The predicted octanol–water partition coefficient (Wildman–Crippen LogP) is -0.778. The highest BCUT2D eigenvalue weighted by Gasteiger charge is 2.10. The molecule has 5 N–H and O–H groups in total. The van der Waals surface area contributed by atoms with E-state index < -0.39 is 11.9 Å². The highest BCUT2D eigenvalue weighted by atomic mass is 32.2. The molecule has 1 rings (SSSR count). The highest BCUT2D eigenvalue weighted by Crippen LogP contribution is 2.17. The molecule has 0 saturated heterocycles. The number of carbonyl (C=O) groups excluding carboxylic acids is 2. The zero-order valence-corrected chi connectivity index (χ0v) is 10.9. The minimum atomic E-state index is -0.841. The van der Waals surface area contributed by atoms with Crippen LogP contribution in [-0.2, 0) is 11.3 Å². The molecule has 0 saturated carbocycles. The number of aryl methyl sites for hydroxylation is 1. The fourth-order valence-corrected chi connectivity index (χ4v) is 2.24. The van der Waals surface area contributed by atoms with Gasteiger partial charge in [0, 0.05) is 25.3 Å². The summed E-state index contributed by atoms with van der Waals surface area (Å²) >= 11 is 1.38. The van der Waals surface area contributed by atoms with Gasteiger partial charge in [0.05, 0.1) is 0 Å². The van der Waals surface area contributed by atoms with E-state index in [0.29, 0.717) is 24.0 Å². The lowest BCUT2D eigenvalue weighted by molar-refractivity contribution is -0.119. The van der Waals surface area contributed by atoms with Gasteiger partial charge >= 0.3 is 6.03 Å². The predicted molar refractivity (Wildman–Crippen MR) is 66.9 cm³/mol. The Kier molecular flexibility index (Phi) is 5.59. The van der Waals surface area contributed by atoms with Crippen LogP contribution in [-0.4, -0.2) is 39.0 Å². The summed E-state index contributed by atoms with van der Waals surface area (Å²) in [6.45, 7) is 2.97. The Balaban J connectivity index is 2.44. The van der Waals surface area contributed by atoms with Gasteiger partial charge in [-0.05, 0) is 6.92 Å².